The predicted octanol–water partition coefficient (Wildman–Crippen LogP) is 4.63. The number of unbranched alkanes of at least 4 members (excludes halogenated alkanes) is 3. The lowest BCUT2D eigenvalue weighted by molar-refractivity contribution is -0.137. The smallest absolute Gasteiger partial charge is 0.303 e. The molecule has 3 heteroatoms. The van der Waals surface area contributed by atoms with E-state index in [2.05, 4.69) is 31.2 Å². The van der Waals surface area contributed by atoms with Gasteiger partial charge >= 0.3 is 5.97 Å². The first-order valence-corrected chi connectivity index (χ1v) is 8.03. The van der Waals surface area contributed by atoms with E-state index in [1.807, 2.05) is 12.2 Å². The number of aliphatic hydroxyl groups excluding tert-OH is 1. The number of carboxylic acids is 1. The van der Waals surface area contributed by atoms with Crippen LogP contribution in [0.1, 0.15) is 64.7 Å². The highest BCUT2D eigenvalue weighted by molar-refractivity contribution is 5.66. The van der Waals surface area contributed by atoms with Crippen molar-refractivity contribution in [3.05, 3.63) is 36.5 Å². The molecule has 1 atom stereocenters. The first-order chi connectivity index (χ1) is 10.2. The highest BCUT2D eigenvalue weighted by atomic mass is 16.4. The molecule has 0 bridgehead atoms. The van der Waals surface area contributed by atoms with Crippen molar-refractivity contribution in [2.45, 2.75) is 70.8 Å². The summed E-state index contributed by atoms with van der Waals surface area (Å²) < 4.78 is 0. The van der Waals surface area contributed by atoms with Crippen LogP contribution in [0.15, 0.2) is 36.5 Å². The van der Waals surface area contributed by atoms with Crippen LogP contribution in [0.3, 0.4) is 0 Å². The standard InChI is InChI=1S/C18H30O3/c1-2-3-4-5-8-11-14-17(19)15-12-9-6-7-10-13-16-18(20)21/h3-4,6,9,11,14,17,19H,2,5,7-8,10,12-13,15-16H2,1H3,(H,20,21)/b4-3-,9-6-,14-11+. The van der Waals surface area contributed by atoms with Gasteiger partial charge in [0.25, 0.3) is 0 Å². The first-order valence-electron chi connectivity index (χ1n) is 8.03. The molecule has 0 radical (unpaired) electrons. The third-order valence-corrected chi connectivity index (χ3v) is 3.07. The van der Waals surface area contributed by atoms with E-state index in [1.54, 1.807) is 0 Å². The van der Waals surface area contributed by atoms with Gasteiger partial charge in [0.05, 0.1) is 6.10 Å². The highest BCUT2D eigenvalue weighted by Gasteiger charge is 1.96. The van der Waals surface area contributed by atoms with Crippen LogP contribution in [0.25, 0.3) is 0 Å². The molecule has 0 aliphatic heterocycles. The summed E-state index contributed by atoms with van der Waals surface area (Å²) in [4.78, 5) is 10.3. The largest absolute Gasteiger partial charge is 0.481 e. The quantitative estimate of drug-likeness (QED) is 0.384. The molecule has 0 saturated heterocycles. The van der Waals surface area contributed by atoms with Crippen LogP contribution in [0.2, 0.25) is 0 Å². The van der Waals surface area contributed by atoms with Gasteiger partial charge in [-0.05, 0) is 51.4 Å². The second kappa shape index (κ2) is 15.0. The maximum absolute atomic E-state index is 10.3. The molecule has 21 heavy (non-hydrogen) atoms. The van der Waals surface area contributed by atoms with Crippen LogP contribution in [0, 0.1) is 0 Å². The van der Waals surface area contributed by atoms with Crippen molar-refractivity contribution >= 4 is 5.97 Å². The van der Waals surface area contributed by atoms with Crippen molar-refractivity contribution in [1.82, 2.24) is 0 Å². The maximum Gasteiger partial charge on any atom is 0.303 e. The molecule has 0 heterocycles. The Labute approximate surface area is 129 Å². The van der Waals surface area contributed by atoms with Gasteiger partial charge in [-0.1, -0.05) is 43.4 Å². The molecule has 0 aliphatic carbocycles. The van der Waals surface area contributed by atoms with Crippen LogP contribution in [0.4, 0.5) is 0 Å². The molecule has 0 aliphatic rings. The third kappa shape index (κ3) is 16.6. The van der Waals surface area contributed by atoms with Gasteiger partial charge in [-0.25, -0.2) is 0 Å². The van der Waals surface area contributed by atoms with Gasteiger partial charge in [0.15, 0.2) is 0 Å². The fourth-order valence-corrected chi connectivity index (χ4v) is 1.87. The molecular formula is C18H30O3. The topological polar surface area (TPSA) is 57.5 Å². The molecule has 0 amide bonds. The molecular weight excluding hydrogens is 264 g/mol. The number of aliphatic hydroxyl groups is 1. The summed E-state index contributed by atoms with van der Waals surface area (Å²) >= 11 is 0. The van der Waals surface area contributed by atoms with Crippen LogP contribution in [-0.2, 0) is 4.79 Å². The lowest BCUT2D eigenvalue weighted by Crippen LogP contribution is -2.00. The van der Waals surface area contributed by atoms with E-state index in [9.17, 15) is 9.90 Å². The number of hydrogen-bond acceptors (Lipinski definition) is 2. The summed E-state index contributed by atoms with van der Waals surface area (Å²) in [6.45, 7) is 2.12. The van der Waals surface area contributed by atoms with E-state index < -0.39 is 5.97 Å². The molecule has 0 aromatic heterocycles. The van der Waals surface area contributed by atoms with Crippen molar-refractivity contribution in [2.75, 3.05) is 0 Å². The summed E-state index contributed by atoms with van der Waals surface area (Å²) in [5.74, 6) is -0.723. The Morgan fingerprint density at radius 2 is 1.62 bits per heavy atom. The Balaban J connectivity index is 3.47. The minimum Gasteiger partial charge on any atom is -0.481 e. The Morgan fingerprint density at radius 1 is 0.952 bits per heavy atom. The summed E-state index contributed by atoms with van der Waals surface area (Å²) in [6, 6.07) is 0. The summed E-state index contributed by atoms with van der Waals surface area (Å²) in [6.07, 6.45) is 19.5. The SMILES string of the molecule is CC/C=C\CC/C=C/C(O)CC/C=C\CCCCC(=O)O. The van der Waals surface area contributed by atoms with Crippen molar-refractivity contribution in [3.63, 3.8) is 0 Å². The van der Waals surface area contributed by atoms with Crippen LogP contribution < -0.4 is 0 Å². The lowest BCUT2D eigenvalue weighted by Gasteiger charge is -2.02. The molecule has 3 nitrogen and oxygen atoms in total. The molecule has 0 saturated carbocycles. The van der Waals surface area contributed by atoms with Gasteiger partial charge in [0, 0.05) is 6.42 Å². The molecule has 0 aromatic carbocycles. The Hall–Kier alpha value is -1.35. The Morgan fingerprint density at radius 3 is 2.33 bits per heavy atom. The molecule has 0 aromatic rings. The molecule has 1 unspecified atom stereocenters. The van der Waals surface area contributed by atoms with Crippen molar-refractivity contribution < 1.29 is 15.0 Å². The van der Waals surface area contributed by atoms with Crippen LogP contribution >= 0.6 is 0 Å². The molecule has 0 spiro atoms. The van der Waals surface area contributed by atoms with E-state index >= 15 is 0 Å². The number of hydrogen-bond donors (Lipinski definition) is 2. The van der Waals surface area contributed by atoms with Crippen molar-refractivity contribution in [2.24, 2.45) is 0 Å². The second-order valence-corrected chi connectivity index (χ2v) is 5.14. The average Bonchev–Trinajstić information content (AvgIpc) is 2.45. The van der Waals surface area contributed by atoms with Crippen LogP contribution in [0.5, 0.6) is 0 Å². The van der Waals surface area contributed by atoms with Gasteiger partial charge in [0.2, 0.25) is 0 Å². The number of carboxylic acid groups (broad SMARTS) is 1. The zero-order chi connectivity index (χ0) is 15.8. The summed E-state index contributed by atoms with van der Waals surface area (Å²) in [5.41, 5.74) is 0. The zero-order valence-corrected chi connectivity index (χ0v) is 13.2. The average molecular weight is 294 g/mol. The summed E-state index contributed by atoms with van der Waals surface area (Å²) in [7, 11) is 0. The summed E-state index contributed by atoms with van der Waals surface area (Å²) in [5, 5.41) is 18.2. The molecule has 2 N–H and O–H groups in total. The van der Waals surface area contributed by atoms with Crippen LogP contribution in [-0.4, -0.2) is 22.3 Å². The van der Waals surface area contributed by atoms with Gasteiger partial charge in [-0.3, -0.25) is 4.79 Å². The van der Waals surface area contributed by atoms with E-state index in [4.69, 9.17) is 5.11 Å². The monoisotopic (exact) mass is 294 g/mol. The molecule has 0 rings (SSSR count). The minimum absolute atomic E-state index is 0.255. The maximum atomic E-state index is 10.3. The normalized spacial score (nSPS) is 13.6. The molecule has 120 valence electrons. The Bertz CT molecular complexity index is 329. The van der Waals surface area contributed by atoms with Gasteiger partial charge < -0.3 is 10.2 Å². The minimum atomic E-state index is -0.723. The first kappa shape index (κ1) is 19.7. The van der Waals surface area contributed by atoms with E-state index in [0.717, 1.165) is 51.4 Å². The lowest BCUT2D eigenvalue weighted by atomic mass is 10.1. The fourth-order valence-electron chi connectivity index (χ4n) is 1.87. The van der Waals surface area contributed by atoms with Crippen molar-refractivity contribution in [1.29, 1.82) is 0 Å². The highest BCUT2D eigenvalue weighted by Crippen LogP contribution is 2.05. The number of aliphatic carboxylic acids is 1. The third-order valence-electron chi connectivity index (χ3n) is 3.07. The van der Waals surface area contributed by atoms with E-state index in [0.29, 0.717) is 0 Å². The molecule has 0 fully saturated rings. The van der Waals surface area contributed by atoms with Crippen molar-refractivity contribution in [3.8, 4) is 0 Å². The fraction of sp³-hybridized carbons (Fsp3) is 0.611. The predicted molar refractivity (Wildman–Crippen MR) is 88.3 cm³/mol. The van der Waals surface area contributed by atoms with Gasteiger partial charge in [-0.15, -0.1) is 0 Å². The van der Waals surface area contributed by atoms with Gasteiger partial charge in [0.1, 0.15) is 0 Å². The van der Waals surface area contributed by atoms with E-state index in [1.165, 1.54) is 0 Å². The number of rotatable bonds is 13. The second-order valence-electron chi connectivity index (χ2n) is 5.14. The zero-order valence-electron chi connectivity index (χ0n) is 13.2. The van der Waals surface area contributed by atoms with E-state index in [-0.39, 0.29) is 12.5 Å². The number of allylic oxidation sites excluding steroid dienone is 5. The number of carbonyl (C=O) groups is 1. The Kier molecular flexibility index (Phi) is 14.1. The van der Waals surface area contributed by atoms with Gasteiger partial charge in [-0.2, -0.15) is 0 Å².